The molecule has 2 aliphatic rings. The Balaban J connectivity index is 1.89. The van der Waals surface area contributed by atoms with Crippen molar-refractivity contribution in [1.82, 2.24) is 9.29 Å². The van der Waals surface area contributed by atoms with Crippen LogP contribution < -0.4 is 5.32 Å². The minimum absolute atomic E-state index is 0.212. The lowest BCUT2D eigenvalue weighted by Crippen LogP contribution is -2.37. The van der Waals surface area contributed by atoms with Gasteiger partial charge in [-0.2, -0.15) is 4.31 Å². The Morgan fingerprint density at radius 1 is 1.39 bits per heavy atom. The van der Waals surface area contributed by atoms with E-state index in [0.29, 0.717) is 23.2 Å². The zero-order valence-electron chi connectivity index (χ0n) is 10.3. The number of fused-ring (bicyclic) bond motifs is 2. The molecule has 98 valence electrons. The van der Waals surface area contributed by atoms with Crippen LogP contribution in [0.3, 0.4) is 0 Å². The van der Waals surface area contributed by atoms with Crippen LogP contribution in [0.2, 0.25) is 0 Å². The number of nitrogens with zero attached hydrogens (tertiary/aromatic N) is 2. The van der Waals surface area contributed by atoms with Gasteiger partial charge in [-0.25, -0.2) is 13.4 Å². The molecule has 0 aromatic carbocycles. The van der Waals surface area contributed by atoms with Crippen molar-refractivity contribution in [2.24, 2.45) is 5.92 Å². The third kappa shape index (κ3) is 1.80. The molecule has 6 heteroatoms. The molecule has 1 aromatic heterocycles. The van der Waals surface area contributed by atoms with Gasteiger partial charge in [0.25, 0.3) is 0 Å². The quantitative estimate of drug-likeness (QED) is 0.896. The molecule has 2 bridgehead atoms. The van der Waals surface area contributed by atoms with Crippen molar-refractivity contribution in [3.05, 3.63) is 18.3 Å². The van der Waals surface area contributed by atoms with Crippen molar-refractivity contribution in [3.63, 3.8) is 0 Å². The van der Waals surface area contributed by atoms with Crippen LogP contribution >= 0.6 is 0 Å². The van der Waals surface area contributed by atoms with E-state index in [2.05, 4.69) is 10.3 Å². The zero-order chi connectivity index (χ0) is 12.8. The molecule has 2 fully saturated rings. The number of aromatic nitrogens is 1. The number of hydrogen-bond acceptors (Lipinski definition) is 4. The van der Waals surface area contributed by atoms with Gasteiger partial charge in [-0.1, -0.05) is 0 Å². The van der Waals surface area contributed by atoms with Gasteiger partial charge in [0.1, 0.15) is 10.7 Å². The van der Waals surface area contributed by atoms with Gasteiger partial charge in [-0.3, -0.25) is 0 Å². The highest BCUT2D eigenvalue weighted by Gasteiger charge is 2.44. The third-order valence-corrected chi connectivity index (χ3v) is 5.86. The summed E-state index contributed by atoms with van der Waals surface area (Å²) in [7, 11) is -1.59. The second-order valence-corrected chi connectivity index (χ2v) is 6.93. The Kier molecular flexibility index (Phi) is 2.79. The molecule has 1 aliphatic carbocycles. The van der Waals surface area contributed by atoms with Crippen molar-refractivity contribution >= 4 is 15.8 Å². The molecule has 18 heavy (non-hydrogen) atoms. The van der Waals surface area contributed by atoms with E-state index in [0.717, 1.165) is 12.8 Å². The van der Waals surface area contributed by atoms with Crippen LogP contribution in [0, 0.1) is 5.92 Å². The third-order valence-electron chi connectivity index (χ3n) is 3.96. The molecule has 0 amide bonds. The summed E-state index contributed by atoms with van der Waals surface area (Å²) in [6.07, 6.45) is 4.65. The van der Waals surface area contributed by atoms with E-state index >= 15 is 0 Å². The lowest BCUT2D eigenvalue weighted by molar-refractivity contribution is 0.333. The van der Waals surface area contributed by atoms with E-state index < -0.39 is 10.0 Å². The largest absolute Gasteiger partial charge is 0.373 e. The fourth-order valence-electron chi connectivity index (χ4n) is 2.99. The van der Waals surface area contributed by atoms with Crippen molar-refractivity contribution in [2.75, 3.05) is 18.9 Å². The van der Waals surface area contributed by atoms with Gasteiger partial charge in [0.05, 0.1) is 0 Å². The summed E-state index contributed by atoms with van der Waals surface area (Å²) >= 11 is 0. The van der Waals surface area contributed by atoms with Gasteiger partial charge in [0.15, 0.2) is 0 Å². The highest BCUT2D eigenvalue weighted by Crippen LogP contribution is 2.40. The molecule has 1 N–H and O–H groups in total. The normalized spacial score (nSPS) is 27.6. The average molecular weight is 267 g/mol. The maximum atomic E-state index is 12.5. The molecule has 0 spiro atoms. The number of sulfonamides is 1. The van der Waals surface area contributed by atoms with E-state index in [1.54, 1.807) is 23.5 Å². The molecule has 1 saturated heterocycles. The Hall–Kier alpha value is -1.14. The minimum Gasteiger partial charge on any atom is -0.373 e. The number of piperidine rings is 1. The first-order chi connectivity index (χ1) is 8.61. The summed E-state index contributed by atoms with van der Waals surface area (Å²) < 4.78 is 26.6. The first-order valence-corrected chi connectivity index (χ1v) is 7.71. The molecule has 2 heterocycles. The Labute approximate surface area is 107 Å². The highest BCUT2D eigenvalue weighted by molar-refractivity contribution is 7.89. The predicted molar refractivity (Wildman–Crippen MR) is 68.8 cm³/mol. The molecule has 5 nitrogen and oxygen atoms in total. The molecule has 1 aliphatic heterocycles. The topological polar surface area (TPSA) is 62.3 Å². The van der Waals surface area contributed by atoms with Crippen LogP contribution in [0.5, 0.6) is 0 Å². The highest BCUT2D eigenvalue weighted by atomic mass is 32.2. The second kappa shape index (κ2) is 4.20. The number of anilines is 1. The zero-order valence-corrected chi connectivity index (χ0v) is 11.2. The smallest absolute Gasteiger partial charge is 0.244 e. The molecular formula is C12H17N3O2S. The number of nitrogens with one attached hydrogen (secondary N) is 1. The van der Waals surface area contributed by atoms with Crippen molar-refractivity contribution in [1.29, 1.82) is 0 Å². The molecule has 1 saturated carbocycles. The second-order valence-electron chi connectivity index (χ2n) is 5.04. The van der Waals surface area contributed by atoms with Gasteiger partial charge in [0, 0.05) is 25.8 Å². The van der Waals surface area contributed by atoms with Gasteiger partial charge >= 0.3 is 0 Å². The van der Waals surface area contributed by atoms with Crippen LogP contribution in [-0.4, -0.2) is 37.3 Å². The molecule has 2 unspecified atom stereocenters. The summed E-state index contributed by atoms with van der Waals surface area (Å²) in [5.74, 6) is 1.24. The molecule has 1 aromatic rings. The van der Waals surface area contributed by atoms with Gasteiger partial charge < -0.3 is 5.32 Å². The first kappa shape index (κ1) is 11.9. The molecular weight excluding hydrogens is 250 g/mol. The molecule has 3 rings (SSSR count). The molecule has 0 radical (unpaired) electrons. The SMILES string of the molecule is CNc1ccc(S(=O)(=O)N2CC3CCC2C3)cn1. The maximum Gasteiger partial charge on any atom is 0.244 e. The number of rotatable bonds is 3. The van der Waals surface area contributed by atoms with Crippen LogP contribution in [0.1, 0.15) is 19.3 Å². The van der Waals surface area contributed by atoms with Crippen LogP contribution in [0.25, 0.3) is 0 Å². The lowest BCUT2D eigenvalue weighted by Gasteiger charge is -2.25. The fraction of sp³-hybridized carbons (Fsp3) is 0.583. The lowest BCUT2D eigenvalue weighted by atomic mass is 10.1. The van der Waals surface area contributed by atoms with Crippen molar-refractivity contribution in [2.45, 2.75) is 30.2 Å². The summed E-state index contributed by atoms with van der Waals surface area (Å²) in [5, 5.41) is 2.88. The Morgan fingerprint density at radius 2 is 2.22 bits per heavy atom. The van der Waals surface area contributed by atoms with Crippen molar-refractivity contribution in [3.8, 4) is 0 Å². The summed E-state index contributed by atoms with van der Waals surface area (Å²) in [6, 6.07) is 3.53. The van der Waals surface area contributed by atoms with Gasteiger partial charge in [-0.15, -0.1) is 0 Å². The van der Waals surface area contributed by atoms with E-state index in [1.165, 1.54) is 12.6 Å². The minimum atomic E-state index is -3.35. The van der Waals surface area contributed by atoms with E-state index in [4.69, 9.17) is 0 Å². The van der Waals surface area contributed by atoms with Crippen LogP contribution in [-0.2, 0) is 10.0 Å². The standard InChI is InChI=1S/C12H17N3O2S/c1-13-12-5-4-11(7-14-12)18(16,17)15-8-9-2-3-10(15)6-9/h4-5,7,9-10H,2-3,6,8H2,1H3,(H,13,14). The van der Waals surface area contributed by atoms with Crippen molar-refractivity contribution < 1.29 is 8.42 Å². The first-order valence-electron chi connectivity index (χ1n) is 6.27. The summed E-state index contributed by atoms with van der Waals surface area (Å²) in [6.45, 7) is 0.681. The van der Waals surface area contributed by atoms with Gasteiger partial charge in [-0.05, 0) is 37.3 Å². The summed E-state index contributed by atoms with van der Waals surface area (Å²) in [5.41, 5.74) is 0. The van der Waals surface area contributed by atoms with Gasteiger partial charge in [0.2, 0.25) is 10.0 Å². The number of pyridine rings is 1. The predicted octanol–water partition coefficient (Wildman–Crippen LogP) is 1.30. The summed E-state index contributed by atoms with van der Waals surface area (Å²) in [4.78, 5) is 4.38. The van der Waals surface area contributed by atoms with E-state index in [-0.39, 0.29) is 6.04 Å². The van der Waals surface area contributed by atoms with E-state index in [9.17, 15) is 8.42 Å². The monoisotopic (exact) mass is 267 g/mol. The van der Waals surface area contributed by atoms with Crippen LogP contribution in [0.15, 0.2) is 23.2 Å². The Morgan fingerprint density at radius 3 is 2.72 bits per heavy atom. The van der Waals surface area contributed by atoms with Crippen LogP contribution in [0.4, 0.5) is 5.82 Å². The maximum absolute atomic E-state index is 12.5. The molecule has 2 atom stereocenters. The number of hydrogen-bond donors (Lipinski definition) is 1. The average Bonchev–Trinajstić information content (AvgIpc) is 3.01. The van der Waals surface area contributed by atoms with E-state index in [1.807, 2.05) is 0 Å². The fourth-order valence-corrected chi connectivity index (χ4v) is 4.68. The Bertz CT molecular complexity index is 541.